The zero-order valence-corrected chi connectivity index (χ0v) is 26.3. The van der Waals surface area contributed by atoms with Gasteiger partial charge in [0.05, 0.1) is 0 Å². The SMILES string of the molecule is CC(C)[C-]=CC(C)C.CC(C)[CH-]CC(C)C.[W].[Y].[Y].[Y]. The van der Waals surface area contributed by atoms with E-state index in [1.54, 1.807) is 0 Å². The Bertz CT molecular complexity index is 149. The van der Waals surface area contributed by atoms with E-state index >= 15 is 0 Å². The Hall–Kier alpha value is 3.74. The summed E-state index contributed by atoms with van der Waals surface area (Å²) >= 11 is 0. The summed E-state index contributed by atoms with van der Waals surface area (Å²) in [5.41, 5.74) is 0. The molecule has 0 heterocycles. The molecule has 0 aromatic rings. The van der Waals surface area contributed by atoms with Crippen LogP contribution in [-0.4, -0.2) is 0 Å². The van der Waals surface area contributed by atoms with Gasteiger partial charge < -0.3 is 12.5 Å². The zero-order chi connectivity index (χ0) is 13.1. The second-order valence-corrected chi connectivity index (χ2v) is 5.84. The van der Waals surface area contributed by atoms with Crippen LogP contribution in [0.2, 0.25) is 0 Å². The molecule has 0 atom stereocenters. The third kappa shape index (κ3) is 49.5. The summed E-state index contributed by atoms with van der Waals surface area (Å²) in [5, 5.41) is 0. The van der Waals surface area contributed by atoms with Crippen molar-refractivity contribution in [3.05, 3.63) is 18.6 Å². The van der Waals surface area contributed by atoms with Crippen LogP contribution >= 0.6 is 0 Å². The molecule has 0 spiro atoms. The first-order valence-electron chi connectivity index (χ1n) is 6.68. The minimum atomic E-state index is 0. The van der Waals surface area contributed by atoms with Crippen LogP contribution in [0.1, 0.15) is 61.8 Å². The second kappa shape index (κ2) is 27.6. The van der Waals surface area contributed by atoms with Crippen LogP contribution in [-0.2, 0) is 119 Å². The Morgan fingerprint density at radius 1 is 0.850 bits per heavy atom. The van der Waals surface area contributed by atoms with Crippen LogP contribution < -0.4 is 0 Å². The summed E-state index contributed by atoms with van der Waals surface area (Å²) in [7, 11) is 0. The van der Waals surface area contributed by atoms with Gasteiger partial charge in [0, 0.05) is 119 Å². The normalized spacial score (nSPS) is 9.40. The Morgan fingerprint density at radius 2 is 1.25 bits per heavy atom. The minimum absolute atomic E-state index is 0. The van der Waals surface area contributed by atoms with Crippen LogP contribution in [0, 0.1) is 36.2 Å². The molecule has 0 aromatic heterocycles. The molecule has 0 saturated heterocycles. The van der Waals surface area contributed by atoms with Crippen molar-refractivity contribution in [1.29, 1.82) is 0 Å². The second-order valence-electron chi connectivity index (χ2n) is 5.84. The summed E-state index contributed by atoms with van der Waals surface area (Å²) in [6, 6.07) is 0. The van der Waals surface area contributed by atoms with E-state index in [9.17, 15) is 0 Å². The third-order valence-corrected chi connectivity index (χ3v) is 1.84. The van der Waals surface area contributed by atoms with Crippen molar-refractivity contribution >= 4 is 0 Å². The Labute approximate surface area is 219 Å². The summed E-state index contributed by atoms with van der Waals surface area (Å²) in [4.78, 5) is 0. The first kappa shape index (κ1) is 39.0. The summed E-state index contributed by atoms with van der Waals surface area (Å²) in [6.07, 6.45) is 8.96. The fraction of sp³-hybridized carbons (Fsp3) is 0.812. The van der Waals surface area contributed by atoms with Crippen molar-refractivity contribution in [1.82, 2.24) is 0 Å². The number of hydrogen-bond acceptors (Lipinski definition) is 0. The van der Waals surface area contributed by atoms with Crippen molar-refractivity contribution in [3.8, 4) is 0 Å². The molecule has 0 rings (SSSR count). The number of rotatable bonds is 5. The van der Waals surface area contributed by atoms with E-state index in [4.69, 9.17) is 0 Å². The van der Waals surface area contributed by atoms with Gasteiger partial charge in [-0.15, -0.1) is 0 Å². The molecule has 0 unspecified atom stereocenters. The van der Waals surface area contributed by atoms with E-state index < -0.39 is 0 Å². The van der Waals surface area contributed by atoms with Gasteiger partial charge in [0.25, 0.3) is 0 Å². The third-order valence-electron chi connectivity index (χ3n) is 1.84. The molecule has 0 bridgehead atoms. The average molecular weight is 675 g/mol. The molecule has 113 valence electrons. The molecule has 4 heteroatoms. The van der Waals surface area contributed by atoms with E-state index in [2.05, 4.69) is 74.0 Å². The van der Waals surface area contributed by atoms with Crippen molar-refractivity contribution in [2.45, 2.75) is 61.8 Å². The van der Waals surface area contributed by atoms with Crippen LogP contribution in [0.3, 0.4) is 0 Å². The van der Waals surface area contributed by atoms with Crippen molar-refractivity contribution < 1.29 is 119 Å². The van der Waals surface area contributed by atoms with E-state index in [0.29, 0.717) is 11.8 Å². The monoisotopic (exact) mass is 675 g/mol. The summed E-state index contributed by atoms with van der Waals surface area (Å²) in [5.74, 6) is 2.82. The van der Waals surface area contributed by atoms with Gasteiger partial charge in [0.1, 0.15) is 0 Å². The molecule has 0 saturated carbocycles. The molecule has 0 N–H and O–H groups in total. The zero-order valence-electron chi connectivity index (χ0n) is 14.8. The topological polar surface area (TPSA) is 0 Å². The summed E-state index contributed by atoms with van der Waals surface area (Å²) < 4.78 is 0. The maximum Gasteiger partial charge on any atom is 0 e. The van der Waals surface area contributed by atoms with Crippen LogP contribution in [0.25, 0.3) is 0 Å². The fourth-order valence-electron chi connectivity index (χ4n) is 0.929. The van der Waals surface area contributed by atoms with Crippen molar-refractivity contribution in [3.63, 3.8) is 0 Å². The molecule has 0 aliphatic rings. The van der Waals surface area contributed by atoms with Crippen molar-refractivity contribution in [2.24, 2.45) is 23.7 Å². The predicted octanol–water partition coefficient (Wildman–Crippen LogP) is 5.54. The Kier molecular flexibility index (Phi) is 53.8. The van der Waals surface area contributed by atoms with E-state index in [-0.39, 0.29) is 119 Å². The molecule has 0 fully saturated rings. The Morgan fingerprint density at radius 3 is 1.35 bits per heavy atom. The van der Waals surface area contributed by atoms with Gasteiger partial charge in [0.2, 0.25) is 0 Å². The Balaban J connectivity index is -0.0000000408. The quantitative estimate of drug-likeness (QED) is 0.336. The molecule has 0 nitrogen and oxygen atoms in total. The maximum atomic E-state index is 3.22. The van der Waals surface area contributed by atoms with E-state index in [1.807, 2.05) is 0 Å². The van der Waals surface area contributed by atoms with Gasteiger partial charge >= 0.3 is 0 Å². The molecule has 20 heavy (non-hydrogen) atoms. The van der Waals surface area contributed by atoms with E-state index in [1.165, 1.54) is 6.42 Å². The van der Waals surface area contributed by atoms with Gasteiger partial charge in [-0.25, -0.2) is 0 Å². The molecule has 3 radical (unpaired) electrons. The van der Waals surface area contributed by atoms with Gasteiger partial charge in [-0.2, -0.15) is 18.3 Å². The molecule has 0 aromatic carbocycles. The number of allylic oxidation sites excluding steroid dienone is 2. The van der Waals surface area contributed by atoms with Crippen LogP contribution in [0.5, 0.6) is 0 Å². The molecular formula is C16H32WY3-2. The largest absolute Gasteiger partial charge is 0.498 e. The minimum Gasteiger partial charge on any atom is -0.498 e. The predicted molar refractivity (Wildman–Crippen MR) is 76.1 cm³/mol. The van der Waals surface area contributed by atoms with Gasteiger partial charge in [0.15, 0.2) is 0 Å². The molecule has 0 aliphatic carbocycles. The summed E-state index contributed by atoms with van der Waals surface area (Å²) in [6.45, 7) is 17.5. The maximum absolute atomic E-state index is 3.22. The van der Waals surface area contributed by atoms with Crippen LogP contribution in [0.4, 0.5) is 0 Å². The van der Waals surface area contributed by atoms with Gasteiger partial charge in [-0.3, -0.25) is 6.08 Å². The smallest absolute Gasteiger partial charge is 0 e. The number of hydrogen-bond donors (Lipinski definition) is 0. The standard InChI is InChI=1S/C8H17.C8H15.W.3Y/c2*1-7(2)5-6-8(3)4;;;;/h5,7-8H,6H2,1-4H3;5,7-8H,1-4H3;;;;/q2*-1;;;;. The first-order chi connectivity index (χ1) is 7.25. The first-order valence-corrected chi connectivity index (χ1v) is 6.68. The molecular weight excluding hydrogens is 643 g/mol. The van der Waals surface area contributed by atoms with E-state index in [0.717, 1.165) is 11.8 Å². The average Bonchev–Trinajstić information content (AvgIpc) is 2.12. The van der Waals surface area contributed by atoms with Gasteiger partial charge in [-0.05, 0) is 0 Å². The van der Waals surface area contributed by atoms with Crippen molar-refractivity contribution in [2.75, 3.05) is 0 Å². The van der Waals surface area contributed by atoms with Gasteiger partial charge in [-0.1, -0.05) is 67.2 Å². The molecule has 0 amide bonds. The fourth-order valence-corrected chi connectivity index (χ4v) is 0.929. The molecule has 0 aliphatic heterocycles. The van der Waals surface area contributed by atoms with Crippen LogP contribution in [0.15, 0.2) is 6.08 Å².